The van der Waals surface area contributed by atoms with Crippen LogP contribution in [0, 0.1) is 0 Å². The smallest absolute Gasteiger partial charge is 0.338 e. The van der Waals surface area contributed by atoms with Gasteiger partial charge in [-0.2, -0.15) is 0 Å². The fourth-order valence-electron chi connectivity index (χ4n) is 1.70. The van der Waals surface area contributed by atoms with Gasteiger partial charge in [-0.25, -0.2) is 14.4 Å². The van der Waals surface area contributed by atoms with E-state index in [1.54, 1.807) is 12.1 Å². The molecule has 24 heavy (non-hydrogen) atoms. The number of carbonyl (C=O) groups is 3. The third-order valence-electron chi connectivity index (χ3n) is 2.80. The van der Waals surface area contributed by atoms with Crippen LogP contribution in [0.25, 0.3) is 0 Å². The molecule has 0 aliphatic heterocycles. The summed E-state index contributed by atoms with van der Waals surface area (Å²) in [5, 5.41) is 25.9. The predicted molar refractivity (Wildman–Crippen MR) is 87.6 cm³/mol. The van der Waals surface area contributed by atoms with E-state index in [9.17, 15) is 14.4 Å². The Balaban J connectivity index is 0.000000243. The molecule has 0 aromatic heterocycles. The first kappa shape index (κ1) is 18.8. The molecule has 0 aliphatic carbocycles. The van der Waals surface area contributed by atoms with Crippen molar-refractivity contribution in [2.75, 3.05) is 11.5 Å². The van der Waals surface area contributed by atoms with Crippen LogP contribution in [0.1, 0.15) is 31.1 Å². The number of anilines is 2. The van der Waals surface area contributed by atoms with Crippen LogP contribution in [0.15, 0.2) is 36.4 Å². The van der Waals surface area contributed by atoms with Crippen molar-refractivity contribution in [2.45, 2.75) is 0 Å². The highest BCUT2D eigenvalue weighted by atomic mass is 35.5. The number of halogens is 1. The van der Waals surface area contributed by atoms with Crippen molar-refractivity contribution in [3.05, 3.63) is 58.1 Å². The second kappa shape index (κ2) is 7.84. The summed E-state index contributed by atoms with van der Waals surface area (Å²) >= 11 is 5.58. The summed E-state index contributed by atoms with van der Waals surface area (Å²) in [5.41, 5.74) is 10.3. The number of benzene rings is 2. The Morgan fingerprint density at radius 3 is 1.58 bits per heavy atom. The number of carboxylic acids is 3. The highest BCUT2D eigenvalue weighted by Crippen LogP contribution is 2.22. The monoisotopic (exact) mass is 352 g/mol. The number of carboxylic acid groups (broad SMARTS) is 3. The van der Waals surface area contributed by atoms with Gasteiger partial charge < -0.3 is 26.8 Å². The van der Waals surface area contributed by atoms with Gasteiger partial charge in [-0.3, -0.25) is 0 Å². The average molecular weight is 353 g/mol. The van der Waals surface area contributed by atoms with Crippen LogP contribution in [0.5, 0.6) is 0 Å². The predicted octanol–water partition coefficient (Wildman–Crippen LogP) is 2.29. The van der Waals surface area contributed by atoms with Gasteiger partial charge in [-0.1, -0.05) is 23.7 Å². The molecule has 0 atom stereocenters. The Bertz CT molecular complexity index is 807. The fourth-order valence-corrected chi connectivity index (χ4v) is 1.91. The summed E-state index contributed by atoms with van der Waals surface area (Å²) in [6.07, 6.45) is 0. The SMILES string of the molecule is Nc1cccc(C(=O)O)c1C(=O)O.Nc1cccc(C(=O)O)c1Cl. The van der Waals surface area contributed by atoms with Crippen molar-refractivity contribution < 1.29 is 29.7 Å². The molecule has 0 bridgehead atoms. The topological polar surface area (TPSA) is 164 Å². The zero-order chi connectivity index (χ0) is 18.4. The molecule has 0 fully saturated rings. The quantitative estimate of drug-likeness (QED) is 0.525. The Kier molecular flexibility index (Phi) is 6.14. The minimum atomic E-state index is -1.34. The maximum absolute atomic E-state index is 10.6. The molecule has 0 heterocycles. The average Bonchev–Trinajstić information content (AvgIpc) is 2.49. The van der Waals surface area contributed by atoms with Crippen molar-refractivity contribution in [2.24, 2.45) is 0 Å². The minimum Gasteiger partial charge on any atom is -0.478 e. The summed E-state index contributed by atoms with van der Waals surface area (Å²) in [7, 11) is 0. The van der Waals surface area contributed by atoms with E-state index in [2.05, 4.69) is 0 Å². The summed E-state index contributed by atoms with van der Waals surface area (Å²) in [6.45, 7) is 0. The summed E-state index contributed by atoms with van der Waals surface area (Å²) in [5.74, 6) is -3.71. The van der Waals surface area contributed by atoms with Crippen LogP contribution in [-0.2, 0) is 0 Å². The molecule has 7 N–H and O–H groups in total. The molecule has 0 spiro atoms. The lowest BCUT2D eigenvalue weighted by Gasteiger charge is -2.03. The van der Waals surface area contributed by atoms with Crippen molar-refractivity contribution in [1.82, 2.24) is 0 Å². The van der Waals surface area contributed by atoms with Gasteiger partial charge in [0.15, 0.2) is 0 Å². The van der Waals surface area contributed by atoms with Crippen molar-refractivity contribution >= 4 is 40.9 Å². The van der Waals surface area contributed by atoms with Crippen LogP contribution in [0.3, 0.4) is 0 Å². The Labute approximate surface area is 140 Å². The summed E-state index contributed by atoms with van der Waals surface area (Å²) < 4.78 is 0. The molecular formula is C15H13ClN2O6. The number of rotatable bonds is 3. The van der Waals surface area contributed by atoms with Crippen molar-refractivity contribution in [3.8, 4) is 0 Å². The van der Waals surface area contributed by atoms with Crippen LogP contribution < -0.4 is 11.5 Å². The normalized spacial score (nSPS) is 9.54. The van der Waals surface area contributed by atoms with Gasteiger partial charge in [0.1, 0.15) is 0 Å². The van der Waals surface area contributed by atoms with E-state index in [1.165, 1.54) is 24.3 Å². The lowest BCUT2D eigenvalue weighted by molar-refractivity contribution is 0.0652. The summed E-state index contributed by atoms with van der Waals surface area (Å²) in [6, 6.07) is 8.43. The Hall–Kier alpha value is -3.26. The molecule has 0 unspecified atom stereocenters. The van der Waals surface area contributed by atoms with E-state index in [-0.39, 0.29) is 33.1 Å². The van der Waals surface area contributed by atoms with E-state index in [0.717, 1.165) is 0 Å². The van der Waals surface area contributed by atoms with E-state index in [4.69, 9.17) is 38.4 Å². The third-order valence-corrected chi connectivity index (χ3v) is 3.22. The fraction of sp³-hybridized carbons (Fsp3) is 0. The number of hydrogen-bond acceptors (Lipinski definition) is 5. The van der Waals surface area contributed by atoms with Gasteiger partial charge in [0.25, 0.3) is 0 Å². The lowest BCUT2D eigenvalue weighted by Crippen LogP contribution is -2.10. The standard InChI is InChI=1S/C8H7NO4.C7H6ClNO2/c9-5-3-1-2-4(7(10)11)6(5)8(12)13;8-6-4(7(10)11)2-1-3-5(6)9/h1-3H,9H2,(H,10,11)(H,12,13);1-3H,9H2,(H,10,11). The first-order valence-electron chi connectivity index (χ1n) is 6.29. The number of hydrogen-bond donors (Lipinski definition) is 5. The molecule has 2 aromatic rings. The molecule has 2 aromatic carbocycles. The molecule has 0 saturated carbocycles. The Morgan fingerprint density at radius 2 is 1.21 bits per heavy atom. The van der Waals surface area contributed by atoms with Crippen LogP contribution >= 0.6 is 11.6 Å². The second-order valence-corrected chi connectivity index (χ2v) is 4.77. The number of nitrogen functional groups attached to an aromatic ring is 2. The maximum atomic E-state index is 10.6. The van der Waals surface area contributed by atoms with E-state index in [0.29, 0.717) is 0 Å². The lowest BCUT2D eigenvalue weighted by atomic mass is 10.1. The molecule has 9 heteroatoms. The maximum Gasteiger partial charge on any atom is 0.338 e. The van der Waals surface area contributed by atoms with Gasteiger partial charge >= 0.3 is 17.9 Å². The van der Waals surface area contributed by atoms with Crippen LogP contribution in [0.2, 0.25) is 5.02 Å². The minimum absolute atomic E-state index is 0.0340. The molecule has 126 valence electrons. The first-order chi connectivity index (χ1) is 11.2. The molecular weight excluding hydrogens is 340 g/mol. The largest absolute Gasteiger partial charge is 0.478 e. The molecule has 0 saturated heterocycles. The van der Waals surface area contributed by atoms with E-state index in [1.807, 2.05) is 0 Å². The van der Waals surface area contributed by atoms with Gasteiger partial charge in [-0.05, 0) is 24.3 Å². The van der Waals surface area contributed by atoms with Crippen LogP contribution in [-0.4, -0.2) is 33.2 Å². The Morgan fingerprint density at radius 1 is 0.750 bits per heavy atom. The third kappa shape index (κ3) is 4.37. The first-order valence-corrected chi connectivity index (χ1v) is 6.67. The van der Waals surface area contributed by atoms with E-state index < -0.39 is 17.9 Å². The summed E-state index contributed by atoms with van der Waals surface area (Å²) in [4.78, 5) is 31.6. The van der Waals surface area contributed by atoms with Gasteiger partial charge in [0.2, 0.25) is 0 Å². The van der Waals surface area contributed by atoms with Crippen LogP contribution in [0.4, 0.5) is 11.4 Å². The number of nitrogens with two attached hydrogens (primary N) is 2. The van der Waals surface area contributed by atoms with Gasteiger partial charge in [-0.15, -0.1) is 0 Å². The second-order valence-electron chi connectivity index (χ2n) is 4.39. The molecule has 0 radical (unpaired) electrons. The van der Waals surface area contributed by atoms with E-state index >= 15 is 0 Å². The van der Waals surface area contributed by atoms with Crippen molar-refractivity contribution in [3.63, 3.8) is 0 Å². The van der Waals surface area contributed by atoms with Gasteiger partial charge in [0.05, 0.1) is 27.4 Å². The van der Waals surface area contributed by atoms with Gasteiger partial charge in [0, 0.05) is 5.69 Å². The molecule has 2 rings (SSSR count). The molecule has 8 nitrogen and oxygen atoms in total. The molecule has 0 aliphatic rings. The zero-order valence-electron chi connectivity index (χ0n) is 12.1. The van der Waals surface area contributed by atoms with Crippen molar-refractivity contribution in [1.29, 1.82) is 0 Å². The number of aromatic carboxylic acids is 3. The highest BCUT2D eigenvalue weighted by molar-refractivity contribution is 6.35. The highest BCUT2D eigenvalue weighted by Gasteiger charge is 2.17. The molecule has 0 amide bonds. The zero-order valence-corrected chi connectivity index (χ0v) is 12.8.